The predicted octanol–water partition coefficient (Wildman–Crippen LogP) is 2.42. The zero-order valence-electron chi connectivity index (χ0n) is 17.8. The van der Waals surface area contributed by atoms with Crippen LogP contribution in [0, 0.1) is 11.3 Å². The first kappa shape index (κ1) is 23.7. The average Bonchev–Trinajstić information content (AvgIpc) is 2.78. The minimum Gasteiger partial charge on any atom is -0.366 e. The Morgan fingerprint density at radius 1 is 1.03 bits per heavy atom. The van der Waals surface area contributed by atoms with Crippen molar-refractivity contribution in [3.63, 3.8) is 0 Å². The van der Waals surface area contributed by atoms with Gasteiger partial charge in [-0.15, -0.1) is 0 Å². The van der Waals surface area contributed by atoms with E-state index in [1.807, 2.05) is 6.07 Å². The summed E-state index contributed by atoms with van der Waals surface area (Å²) in [5.74, 6) is -1.09. The molecule has 0 aliphatic rings. The molecule has 4 N–H and O–H groups in total. The fourth-order valence-corrected chi connectivity index (χ4v) is 4.07. The summed E-state index contributed by atoms with van der Waals surface area (Å²) in [6.45, 7) is 0. The minimum absolute atomic E-state index is 0.0680. The van der Waals surface area contributed by atoms with Gasteiger partial charge in [-0.25, -0.2) is 13.1 Å². The van der Waals surface area contributed by atoms with Gasteiger partial charge in [0.2, 0.25) is 21.8 Å². The third-order valence-electron chi connectivity index (χ3n) is 4.82. The van der Waals surface area contributed by atoms with Crippen molar-refractivity contribution >= 4 is 27.5 Å². The molecule has 2 amide bonds. The molecular formula is C24H22N4O4S. The summed E-state index contributed by atoms with van der Waals surface area (Å²) in [7, 11) is -3.67. The first-order chi connectivity index (χ1) is 15.7. The number of anilines is 1. The standard InChI is InChI=1S/C24H22N4O4S/c1-33(31,32)28-22(14-16-5-4-6-17(13-16)15-25)24(30)27-19-11-9-18(10-12-19)20-7-2-3-8-21(20)23(26)29/h2-13,22,28H,14H2,1H3,(H2,26,29)(H,27,30)/t22-/m0/s1. The number of nitrogens with two attached hydrogens (primary N) is 1. The minimum atomic E-state index is -3.67. The van der Waals surface area contributed by atoms with Crippen molar-refractivity contribution in [3.8, 4) is 17.2 Å². The second-order valence-electron chi connectivity index (χ2n) is 7.44. The summed E-state index contributed by atoms with van der Waals surface area (Å²) >= 11 is 0. The molecule has 0 fully saturated rings. The summed E-state index contributed by atoms with van der Waals surface area (Å²) in [6, 6.07) is 21.2. The Balaban J connectivity index is 1.80. The van der Waals surface area contributed by atoms with Gasteiger partial charge in [-0.05, 0) is 53.4 Å². The molecule has 0 aliphatic carbocycles. The lowest BCUT2D eigenvalue weighted by Crippen LogP contribution is -2.44. The number of nitrogens with zero attached hydrogens (tertiary/aromatic N) is 1. The lowest BCUT2D eigenvalue weighted by Gasteiger charge is -2.18. The number of hydrogen-bond donors (Lipinski definition) is 3. The molecule has 168 valence electrons. The Hall–Kier alpha value is -4.00. The van der Waals surface area contributed by atoms with E-state index in [4.69, 9.17) is 11.0 Å². The van der Waals surface area contributed by atoms with Crippen molar-refractivity contribution in [3.05, 3.63) is 89.5 Å². The molecule has 0 saturated carbocycles. The summed E-state index contributed by atoms with van der Waals surface area (Å²) in [5, 5.41) is 11.8. The van der Waals surface area contributed by atoms with E-state index in [1.54, 1.807) is 72.8 Å². The van der Waals surface area contributed by atoms with E-state index in [0.717, 1.165) is 11.8 Å². The quantitative estimate of drug-likeness (QED) is 0.471. The van der Waals surface area contributed by atoms with E-state index >= 15 is 0 Å². The van der Waals surface area contributed by atoms with Gasteiger partial charge in [-0.3, -0.25) is 9.59 Å². The van der Waals surface area contributed by atoms with Gasteiger partial charge in [-0.2, -0.15) is 5.26 Å². The number of carbonyl (C=O) groups excluding carboxylic acids is 2. The molecular weight excluding hydrogens is 440 g/mol. The van der Waals surface area contributed by atoms with Crippen LogP contribution in [0.1, 0.15) is 21.5 Å². The van der Waals surface area contributed by atoms with Crippen LogP contribution in [0.25, 0.3) is 11.1 Å². The maximum absolute atomic E-state index is 12.9. The Kier molecular flexibility index (Phi) is 7.23. The molecule has 8 nitrogen and oxygen atoms in total. The van der Waals surface area contributed by atoms with Crippen LogP contribution in [-0.2, 0) is 21.2 Å². The smallest absolute Gasteiger partial charge is 0.249 e. The van der Waals surface area contributed by atoms with Crippen molar-refractivity contribution in [2.24, 2.45) is 5.73 Å². The normalized spacial score (nSPS) is 11.9. The predicted molar refractivity (Wildman–Crippen MR) is 126 cm³/mol. The van der Waals surface area contributed by atoms with Crippen molar-refractivity contribution in [2.75, 3.05) is 11.6 Å². The molecule has 0 heterocycles. The molecule has 0 radical (unpaired) electrons. The van der Waals surface area contributed by atoms with Crippen molar-refractivity contribution in [1.82, 2.24) is 4.72 Å². The number of hydrogen-bond acceptors (Lipinski definition) is 5. The molecule has 3 aromatic rings. The summed E-state index contributed by atoms with van der Waals surface area (Å²) in [6.07, 6.45) is 1.04. The number of benzene rings is 3. The fraction of sp³-hybridized carbons (Fsp3) is 0.125. The highest BCUT2D eigenvalue weighted by Crippen LogP contribution is 2.25. The van der Waals surface area contributed by atoms with Gasteiger partial charge in [0.25, 0.3) is 0 Å². The molecule has 0 aliphatic heterocycles. The largest absolute Gasteiger partial charge is 0.366 e. The molecule has 0 saturated heterocycles. The molecule has 3 rings (SSSR count). The van der Waals surface area contributed by atoms with E-state index in [2.05, 4.69) is 10.0 Å². The zero-order valence-corrected chi connectivity index (χ0v) is 18.6. The van der Waals surface area contributed by atoms with Crippen LogP contribution in [-0.4, -0.2) is 32.5 Å². The number of amides is 2. The van der Waals surface area contributed by atoms with Gasteiger partial charge < -0.3 is 11.1 Å². The van der Waals surface area contributed by atoms with Gasteiger partial charge in [0.05, 0.1) is 17.9 Å². The van der Waals surface area contributed by atoms with Crippen molar-refractivity contribution < 1.29 is 18.0 Å². The van der Waals surface area contributed by atoms with Crippen molar-refractivity contribution in [2.45, 2.75) is 12.5 Å². The van der Waals surface area contributed by atoms with Crippen LogP contribution < -0.4 is 15.8 Å². The van der Waals surface area contributed by atoms with Gasteiger partial charge >= 0.3 is 0 Å². The lowest BCUT2D eigenvalue weighted by atomic mass is 9.99. The second kappa shape index (κ2) is 10.1. The van der Waals surface area contributed by atoms with Crippen LogP contribution in [0.5, 0.6) is 0 Å². The SMILES string of the molecule is CS(=O)(=O)N[C@@H](Cc1cccc(C#N)c1)C(=O)Nc1ccc(-c2ccccc2C(N)=O)cc1. The topological polar surface area (TPSA) is 142 Å². The Labute approximate surface area is 192 Å². The van der Waals surface area contributed by atoms with Gasteiger partial charge in [0.1, 0.15) is 6.04 Å². The third-order valence-corrected chi connectivity index (χ3v) is 5.54. The maximum atomic E-state index is 12.9. The molecule has 33 heavy (non-hydrogen) atoms. The summed E-state index contributed by atoms with van der Waals surface area (Å²) in [5.41, 5.74) is 8.73. The summed E-state index contributed by atoms with van der Waals surface area (Å²) < 4.78 is 26.0. The number of nitriles is 1. The van der Waals surface area contributed by atoms with Gasteiger partial charge in [-0.1, -0.05) is 42.5 Å². The molecule has 0 spiro atoms. The van der Waals surface area contributed by atoms with Crippen LogP contribution >= 0.6 is 0 Å². The molecule has 3 aromatic carbocycles. The first-order valence-corrected chi connectivity index (χ1v) is 11.8. The van der Waals surface area contributed by atoms with E-state index in [0.29, 0.717) is 27.9 Å². The molecule has 1 atom stereocenters. The Morgan fingerprint density at radius 2 is 1.73 bits per heavy atom. The first-order valence-electron chi connectivity index (χ1n) is 9.93. The van der Waals surface area contributed by atoms with E-state index in [-0.39, 0.29) is 6.42 Å². The van der Waals surface area contributed by atoms with Crippen LogP contribution in [0.15, 0.2) is 72.8 Å². The number of primary amides is 1. The maximum Gasteiger partial charge on any atom is 0.249 e. The number of sulfonamides is 1. The fourth-order valence-electron chi connectivity index (χ4n) is 3.36. The van der Waals surface area contributed by atoms with E-state index in [1.165, 1.54) is 0 Å². The Morgan fingerprint density at radius 3 is 2.36 bits per heavy atom. The van der Waals surface area contributed by atoms with Crippen LogP contribution in [0.2, 0.25) is 0 Å². The Bertz CT molecular complexity index is 1330. The second-order valence-corrected chi connectivity index (χ2v) is 9.22. The number of carbonyl (C=O) groups is 2. The highest BCUT2D eigenvalue weighted by Gasteiger charge is 2.23. The average molecular weight is 463 g/mol. The molecule has 0 aromatic heterocycles. The third kappa shape index (κ3) is 6.49. The highest BCUT2D eigenvalue weighted by atomic mass is 32.2. The highest BCUT2D eigenvalue weighted by molar-refractivity contribution is 7.88. The van der Waals surface area contributed by atoms with E-state index in [9.17, 15) is 18.0 Å². The van der Waals surface area contributed by atoms with Gasteiger partial charge in [0.15, 0.2) is 0 Å². The van der Waals surface area contributed by atoms with E-state index < -0.39 is 27.9 Å². The van der Waals surface area contributed by atoms with Crippen molar-refractivity contribution in [1.29, 1.82) is 5.26 Å². The number of rotatable bonds is 8. The van der Waals surface area contributed by atoms with Gasteiger partial charge in [0, 0.05) is 11.3 Å². The molecule has 0 unspecified atom stereocenters. The lowest BCUT2D eigenvalue weighted by molar-refractivity contribution is -0.117. The monoisotopic (exact) mass is 462 g/mol. The molecule has 0 bridgehead atoms. The molecule has 9 heteroatoms. The van der Waals surface area contributed by atoms with Crippen LogP contribution in [0.3, 0.4) is 0 Å². The van der Waals surface area contributed by atoms with Crippen LogP contribution in [0.4, 0.5) is 5.69 Å². The number of nitrogens with one attached hydrogen (secondary N) is 2. The summed E-state index contributed by atoms with van der Waals surface area (Å²) in [4.78, 5) is 24.6. The zero-order chi connectivity index (χ0) is 24.0.